The minimum Gasteiger partial charge on any atom is -0.493 e. The first-order valence-corrected chi connectivity index (χ1v) is 15.4. The number of carbonyl (C=O) groups excluding carboxylic acids is 2. The van der Waals surface area contributed by atoms with E-state index in [1.165, 1.54) is 0 Å². The first kappa shape index (κ1) is 31.9. The van der Waals surface area contributed by atoms with E-state index in [0.29, 0.717) is 55.7 Å². The van der Waals surface area contributed by atoms with Crippen LogP contribution in [0.5, 0.6) is 11.5 Å². The molecule has 4 rings (SSSR count). The Bertz CT molecular complexity index is 1180. The van der Waals surface area contributed by atoms with Crippen LogP contribution in [0.25, 0.3) is 0 Å². The Balaban J connectivity index is 1.56. The molecule has 2 amide bonds. The maximum Gasteiger partial charge on any atom is 0.251 e. The Hall–Kier alpha value is -3.04. The second-order valence-corrected chi connectivity index (χ2v) is 12.7. The number of nitrogens with one attached hydrogen (secondary N) is 2. The summed E-state index contributed by atoms with van der Waals surface area (Å²) in [6.07, 6.45) is 8.02. The van der Waals surface area contributed by atoms with Crippen LogP contribution in [0.4, 0.5) is 0 Å². The fraction of sp³-hybridized carbons (Fsp3) is 0.636. The predicted octanol–water partition coefficient (Wildman–Crippen LogP) is 4.24. The third kappa shape index (κ3) is 8.07. The average molecular weight is 583 g/mol. The summed E-state index contributed by atoms with van der Waals surface area (Å²) in [5, 5.41) is 6.63. The lowest BCUT2D eigenvalue weighted by molar-refractivity contribution is -0.134. The van der Waals surface area contributed by atoms with Gasteiger partial charge in [0.2, 0.25) is 5.91 Å². The summed E-state index contributed by atoms with van der Waals surface area (Å²) in [4.78, 5) is 29.2. The largest absolute Gasteiger partial charge is 0.493 e. The summed E-state index contributed by atoms with van der Waals surface area (Å²) >= 11 is 0. The van der Waals surface area contributed by atoms with Crippen molar-refractivity contribution >= 4 is 11.8 Å². The lowest BCUT2D eigenvalue weighted by atomic mass is 9.86. The number of benzene rings is 1. The van der Waals surface area contributed by atoms with Crippen LogP contribution in [0.1, 0.15) is 69.3 Å². The zero-order valence-electron chi connectivity index (χ0n) is 26.3. The highest BCUT2D eigenvalue weighted by atomic mass is 16.5. The van der Waals surface area contributed by atoms with E-state index < -0.39 is 0 Å². The molecule has 1 aliphatic heterocycles. The second-order valence-electron chi connectivity index (χ2n) is 12.7. The molecule has 42 heavy (non-hydrogen) atoms. The van der Waals surface area contributed by atoms with Crippen LogP contribution in [-0.2, 0) is 21.5 Å². The quantitative estimate of drug-likeness (QED) is 0.288. The van der Waals surface area contributed by atoms with Crippen LogP contribution in [0, 0.1) is 11.8 Å². The summed E-state index contributed by atoms with van der Waals surface area (Å²) in [6.45, 7) is 11.6. The molecule has 1 aromatic carbocycles. The standard InChI is InChI=1S/C33H50N4O5/c1-23(2)35-32(39)27-12-13-29(41-6)31(42-17-9-16-40-5)28(27)18-24-20-34-21-25(24)22-37(26-10-11-26)30(38)19-33(3,4)36-14-7-8-15-36/h7-8,12-15,23-26,34H,9-11,16-22H2,1-6H3,(H,35,39)/t24-,25+/m1/s1. The Morgan fingerprint density at radius 2 is 1.81 bits per heavy atom. The number of rotatable bonds is 16. The maximum absolute atomic E-state index is 13.7. The summed E-state index contributed by atoms with van der Waals surface area (Å²) in [5.74, 6) is 1.83. The van der Waals surface area contributed by atoms with E-state index in [1.807, 2.05) is 50.5 Å². The van der Waals surface area contributed by atoms with E-state index in [0.717, 1.165) is 37.9 Å². The smallest absolute Gasteiger partial charge is 0.251 e. The first-order valence-electron chi connectivity index (χ1n) is 15.4. The van der Waals surface area contributed by atoms with Crippen LogP contribution >= 0.6 is 0 Å². The molecule has 0 spiro atoms. The summed E-state index contributed by atoms with van der Waals surface area (Å²) in [5.41, 5.74) is 1.18. The van der Waals surface area contributed by atoms with E-state index in [4.69, 9.17) is 14.2 Å². The molecule has 1 saturated heterocycles. The van der Waals surface area contributed by atoms with Crippen molar-refractivity contribution in [2.75, 3.05) is 47.1 Å². The van der Waals surface area contributed by atoms with Crippen LogP contribution < -0.4 is 20.1 Å². The van der Waals surface area contributed by atoms with E-state index >= 15 is 0 Å². The molecule has 1 saturated carbocycles. The van der Waals surface area contributed by atoms with Crippen molar-refractivity contribution in [1.29, 1.82) is 0 Å². The molecule has 2 heterocycles. The number of amides is 2. The lowest BCUT2D eigenvalue weighted by Gasteiger charge is -2.33. The van der Waals surface area contributed by atoms with Crippen LogP contribution in [0.3, 0.4) is 0 Å². The Morgan fingerprint density at radius 1 is 1.10 bits per heavy atom. The molecular formula is C33H50N4O5. The topological polar surface area (TPSA) is 94.1 Å². The van der Waals surface area contributed by atoms with Crippen molar-refractivity contribution in [3.05, 3.63) is 47.8 Å². The number of methoxy groups -OCH3 is 2. The number of aromatic nitrogens is 1. The van der Waals surface area contributed by atoms with E-state index in [9.17, 15) is 9.59 Å². The Kier molecular flexibility index (Phi) is 11.0. The van der Waals surface area contributed by atoms with E-state index in [1.54, 1.807) is 14.2 Å². The summed E-state index contributed by atoms with van der Waals surface area (Å²) < 4.78 is 19.3. The maximum atomic E-state index is 13.7. The molecule has 9 heteroatoms. The highest BCUT2D eigenvalue weighted by Gasteiger charge is 2.39. The summed E-state index contributed by atoms with van der Waals surface area (Å²) in [6, 6.07) is 7.99. The fourth-order valence-corrected chi connectivity index (χ4v) is 5.95. The van der Waals surface area contributed by atoms with Crippen molar-refractivity contribution < 1.29 is 23.8 Å². The number of hydrogen-bond donors (Lipinski definition) is 2. The van der Waals surface area contributed by atoms with Gasteiger partial charge < -0.3 is 34.3 Å². The molecule has 0 unspecified atom stereocenters. The van der Waals surface area contributed by atoms with Crippen molar-refractivity contribution in [3.63, 3.8) is 0 Å². The van der Waals surface area contributed by atoms with E-state index in [2.05, 4.69) is 33.9 Å². The molecule has 1 aliphatic carbocycles. The SMILES string of the molecule is COCCCOc1c(OC)ccc(C(=O)NC(C)C)c1C[C@@H]1CNC[C@H]1CN(C(=O)CC(C)(C)n1cccc1)C1CC1. The van der Waals surface area contributed by atoms with Gasteiger partial charge >= 0.3 is 0 Å². The Morgan fingerprint density at radius 3 is 2.45 bits per heavy atom. The fourth-order valence-electron chi connectivity index (χ4n) is 5.95. The van der Waals surface area contributed by atoms with Gasteiger partial charge in [-0.05, 0) is 96.1 Å². The van der Waals surface area contributed by atoms with Crippen molar-refractivity contribution in [1.82, 2.24) is 20.1 Å². The molecule has 0 bridgehead atoms. The third-order valence-corrected chi connectivity index (χ3v) is 8.42. The molecule has 9 nitrogen and oxygen atoms in total. The van der Waals surface area contributed by atoms with Gasteiger partial charge in [-0.2, -0.15) is 0 Å². The predicted molar refractivity (Wildman–Crippen MR) is 164 cm³/mol. The van der Waals surface area contributed by atoms with Crippen LogP contribution in [0.2, 0.25) is 0 Å². The van der Waals surface area contributed by atoms with Crippen LogP contribution in [0.15, 0.2) is 36.7 Å². The van der Waals surface area contributed by atoms with Gasteiger partial charge in [-0.25, -0.2) is 0 Å². The van der Waals surface area contributed by atoms with Gasteiger partial charge in [-0.15, -0.1) is 0 Å². The Labute approximate surface area is 251 Å². The molecule has 2 aliphatic rings. The van der Waals surface area contributed by atoms with Crippen molar-refractivity contribution in [2.45, 2.75) is 77.4 Å². The first-order chi connectivity index (χ1) is 20.1. The molecular weight excluding hydrogens is 532 g/mol. The molecule has 0 radical (unpaired) electrons. The van der Waals surface area contributed by atoms with Gasteiger partial charge in [0, 0.05) is 74.2 Å². The van der Waals surface area contributed by atoms with Gasteiger partial charge in [-0.3, -0.25) is 9.59 Å². The van der Waals surface area contributed by atoms with E-state index in [-0.39, 0.29) is 35.2 Å². The number of carbonyl (C=O) groups is 2. The van der Waals surface area contributed by atoms with Crippen molar-refractivity contribution in [2.24, 2.45) is 11.8 Å². The highest BCUT2D eigenvalue weighted by Crippen LogP contribution is 2.38. The minimum absolute atomic E-state index is 0.00771. The second kappa shape index (κ2) is 14.4. The molecule has 2 fully saturated rings. The van der Waals surface area contributed by atoms with Gasteiger partial charge in [0.05, 0.1) is 13.7 Å². The monoisotopic (exact) mass is 582 g/mol. The highest BCUT2D eigenvalue weighted by molar-refractivity contribution is 5.97. The van der Waals surface area contributed by atoms with Gasteiger partial charge in [0.15, 0.2) is 11.5 Å². The molecule has 232 valence electrons. The summed E-state index contributed by atoms with van der Waals surface area (Å²) in [7, 11) is 3.30. The minimum atomic E-state index is -0.296. The zero-order valence-corrected chi connectivity index (χ0v) is 26.3. The van der Waals surface area contributed by atoms with Gasteiger partial charge in [0.25, 0.3) is 5.91 Å². The molecule has 1 aromatic heterocycles. The number of ether oxygens (including phenoxy) is 3. The van der Waals surface area contributed by atoms with Crippen molar-refractivity contribution in [3.8, 4) is 11.5 Å². The molecule has 2 atom stereocenters. The molecule has 2 N–H and O–H groups in total. The molecule has 2 aromatic rings. The normalized spacial score (nSPS) is 18.7. The third-order valence-electron chi connectivity index (χ3n) is 8.42. The average Bonchev–Trinajstić information content (AvgIpc) is 3.41. The zero-order chi connectivity index (χ0) is 30.3. The lowest BCUT2D eigenvalue weighted by Crippen LogP contribution is -2.43. The van der Waals surface area contributed by atoms with Gasteiger partial charge in [-0.1, -0.05) is 0 Å². The van der Waals surface area contributed by atoms with Gasteiger partial charge in [0.1, 0.15) is 0 Å². The number of hydrogen-bond acceptors (Lipinski definition) is 6. The van der Waals surface area contributed by atoms with Crippen LogP contribution in [-0.4, -0.2) is 80.4 Å². The number of nitrogens with zero attached hydrogens (tertiary/aromatic N) is 2.